The molecule has 12 heavy (non-hydrogen) atoms. The minimum Gasteiger partial charge on any atom is -0.265 e. The van der Waals surface area contributed by atoms with E-state index in [1.807, 2.05) is 6.21 Å². The normalized spacial score (nSPS) is 17.3. The molecule has 1 nitrogen and oxygen atoms in total. The lowest BCUT2D eigenvalue weighted by atomic mass is 9.95. The summed E-state index contributed by atoms with van der Waals surface area (Å²) >= 11 is 0. The topological polar surface area (TPSA) is 12.4 Å². The molecule has 0 fully saturated rings. The maximum atomic E-state index is 4.39. The van der Waals surface area contributed by atoms with Crippen LogP contribution < -0.4 is 0 Å². The summed E-state index contributed by atoms with van der Waals surface area (Å²) < 4.78 is 0. The average molecular weight is 163 g/mol. The largest absolute Gasteiger partial charge is 0.265 e. The van der Waals surface area contributed by atoms with Gasteiger partial charge in [-0.3, -0.25) is 4.99 Å². The van der Waals surface area contributed by atoms with Crippen molar-refractivity contribution in [2.24, 2.45) is 4.99 Å². The van der Waals surface area contributed by atoms with Gasteiger partial charge in [0.1, 0.15) is 0 Å². The van der Waals surface area contributed by atoms with Gasteiger partial charge in [0.05, 0.1) is 0 Å². The van der Waals surface area contributed by atoms with Crippen LogP contribution in [0, 0.1) is 0 Å². The second kappa shape index (κ2) is 4.24. The van der Waals surface area contributed by atoms with Gasteiger partial charge in [-0.05, 0) is 24.0 Å². The van der Waals surface area contributed by atoms with Crippen LogP contribution in [-0.4, -0.2) is 6.21 Å². The molecule has 1 rings (SSSR count). The number of rotatable bonds is 3. The standard InChI is InChI=1S/C11H17N/c1-4-6-10-9(3)7-8-12-11(10)5-2/h8H,3-7H2,1-2H3. The third kappa shape index (κ3) is 1.84. The Labute approximate surface area is 74.9 Å². The van der Waals surface area contributed by atoms with Crippen LogP contribution in [0.3, 0.4) is 0 Å². The molecule has 0 atom stereocenters. The summed E-state index contributed by atoms with van der Waals surface area (Å²) in [7, 11) is 0. The van der Waals surface area contributed by atoms with Crippen molar-refractivity contribution < 1.29 is 0 Å². The van der Waals surface area contributed by atoms with E-state index in [2.05, 4.69) is 25.4 Å². The molecule has 0 radical (unpaired) electrons. The zero-order chi connectivity index (χ0) is 8.97. The molecule has 0 saturated carbocycles. The molecule has 0 saturated heterocycles. The van der Waals surface area contributed by atoms with Crippen LogP contribution in [0.5, 0.6) is 0 Å². The van der Waals surface area contributed by atoms with Gasteiger partial charge in [-0.15, -0.1) is 0 Å². The molecule has 1 heteroatoms. The zero-order valence-electron chi connectivity index (χ0n) is 8.06. The van der Waals surface area contributed by atoms with Crippen molar-refractivity contribution in [3.05, 3.63) is 23.4 Å². The van der Waals surface area contributed by atoms with Crippen LogP contribution in [0.2, 0.25) is 0 Å². The molecule has 1 aliphatic heterocycles. The summed E-state index contributed by atoms with van der Waals surface area (Å²) in [4.78, 5) is 4.39. The SMILES string of the molecule is C=C1CC=NC(CC)=C1CCC. The first-order chi connectivity index (χ1) is 5.79. The van der Waals surface area contributed by atoms with Gasteiger partial charge < -0.3 is 0 Å². The van der Waals surface area contributed by atoms with Crippen molar-refractivity contribution in [1.29, 1.82) is 0 Å². The lowest BCUT2D eigenvalue weighted by molar-refractivity contribution is 0.863. The molecule has 0 unspecified atom stereocenters. The van der Waals surface area contributed by atoms with E-state index in [9.17, 15) is 0 Å². The van der Waals surface area contributed by atoms with E-state index >= 15 is 0 Å². The van der Waals surface area contributed by atoms with Gasteiger partial charge in [0.15, 0.2) is 0 Å². The summed E-state index contributed by atoms with van der Waals surface area (Å²) in [6.07, 6.45) is 6.27. The molecule has 0 aromatic carbocycles. The van der Waals surface area contributed by atoms with E-state index in [0.29, 0.717) is 0 Å². The third-order valence-electron chi connectivity index (χ3n) is 2.19. The van der Waals surface area contributed by atoms with E-state index in [1.165, 1.54) is 23.3 Å². The first-order valence-electron chi connectivity index (χ1n) is 4.72. The van der Waals surface area contributed by atoms with Crippen molar-refractivity contribution in [1.82, 2.24) is 0 Å². The molecule has 1 heterocycles. The van der Waals surface area contributed by atoms with Gasteiger partial charge in [-0.2, -0.15) is 0 Å². The van der Waals surface area contributed by atoms with E-state index in [1.54, 1.807) is 0 Å². The molecular formula is C11H17N. The molecule has 0 bridgehead atoms. The molecule has 0 N–H and O–H groups in total. The van der Waals surface area contributed by atoms with Crippen LogP contribution in [0.4, 0.5) is 0 Å². The molecule has 0 spiro atoms. The Morgan fingerprint density at radius 1 is 1.50 bits per heavy atom. The van der Waals surface area contributed by atoms with Crippen LogP contribution in [-0.2, 0) is 0 Å². The van der Waals surface area contributed by atoms with Crippen molar-refractivity contribution >= 4 is 6.21 Å². The van der Waals surface area contributed by atoms with E-state index in [0.717, 1.165) is 19.3 Å². The number of allylic oxidation sites excluding steroid dienone is 3. The van der Waals surface area contributed by atoms with E-state index in [-0.39, 0.29) is 0 Å². The highest BCUT2D eigenvalue weighted by Crippen LogP contribution is 2.26. The van der Waals surface area contributed by atoms with Crippen molar-refractivity contribution in [3.63, 3.8) is 0 Å². The summed E-state index contributed by atoms with van der Waals surface area (Å²) in [5.74, 6) is 0. The Hall–Kier alpha value is -0.850. The van der Waals surface area contributed by atoms with Crippen LogP contribution in [0.1, 0.15) is 39.5 Å². The fourth-order valence-corrected chi connectivity index (χ4v) is 1.55. The summed E-state index contributed by atoms with van der Waals surface area (Å²) in [5.41, 5.74) is 3.92. The van der Waals surface area contributed by atoms with Crippen molar-refractivity contribution in [2.75, 3.05) is 0 Å². The summed E-state index contributed by atoms with van der Waals surface area (Å²) in [6, 6.07) is 0. The van der Waals surface area contributed by atoms with Gasteiger partial charge in [-0.25, -0.2) is 0 Å². The number of hydrogen-bond acceptors (Lipinski definition) is 1. The number of aliphatic imine (C=N–C) groups is 1. The van der Waals surface area contributed by atoms with Crippen molar-refractivity contribution in [3.8, 4) is 0 Å². The zero-order valence-corrected chi connectivity index (χ0v) is 8.06. The third-order valence-corrected chi connectivity index (χ3v) is 2.19. The number of hydrogen-bond donors (Lipinski definition) is 0. The van der Waals surface area contributed by atoms with Gasteiger partial charge in [0, 0.05) is 18.3 Å². The highest BCUT2D eigenvalue weighted by molar-refractivity contribution is 5.68. The molecule has 66 valence electrons. The highest BCUT2D eigenvalue weighted by atomic mass is 14.7. The second-order valence-corrected chi connectivity index (χ2v) is 3.15. The minimum atomic E-state index is 0.943. The quantitative estimate of drug-likeness (QED) is 0.604. The fraction of sp³-hybridized carbons (Fsp3) is 0.545. The lowest BCUT2D eigenvalue weighted by Gasteiger charge is -2.15. The van der Waals surface area contributed by atoms with Crippen LogP contribution >= 0.6 is 0 Å². The summed E-state index contributed by atoms with van der Waals surface area (Å²) in [5, 5.41) is 0. The minimum absolute atomic E-state index is 0.943. The predicted molar refractivity (Wildman–Crippen MR) is 54.5 cm³/mol. The maximum Gasteiger partial charge on any atom is 0.0431 e. The molecule has 0 aromatic rings. The smallest absolute Gasteiger partial charge is 0.0431 e. The molecule has 0 amide bonds. The Morgan fingerprint density at radius 3 is 2.83 bits per heavy atom. The Kier molecular flexibility index (Phi) is 3.27. The Balaban J connectivity index is 2.87. The average Bonchev–Trinajstić information content (AvgIpc) is 2.09. The summed E-state index contributed by atoms with van der Waals surface area (Å²) in [6.45, 7) is 8.42. The highest BCUT2D eigenvalue weighted by Gasteiger charge is 2.10. The van der Waals surface area contributed by atoms with Crippen LogP contribution in [0.25, 0.3) is 0 Å². The molecule has 0 aliphatic carbocycles. The molecular weight excluding hydrogens is 146 g/mol. The monoisotopic (exact) mass is 163 g/mol. The fourth-order valence-electron chi connectivity index (χ4n) is 1.55. The first kappa shape index (κ1) is 9.24. The van der Waals surface area contributed by atoms with E-state index < -0.39 is 0 Å². The lowest BCUT2D eigenvalue weighted by Crippen LogP contribution is -2.00. The number of nitrogens with zero attached hydrogens (tertiary/aromatic N) is 1. The van der Waals surface area contributed by atoms with Gasteiger partial charge >= 0.3 is 0 Å². The molecule has 1 aliphatic rings. The van der Waals surface area contributed by atoms with Gasteiger partial charge in [-0.1, -0.05) is 26.8 Å². The first-order valence-corrected chi connectivity index (χ1v) is 4.72. The van der Waals surface area contributed by atoms with Gasteiger partial charge in [0.2, 0.25) is 0 Å². The molecule has 0 aromatic heterocycles. The Morgan fingerprint density at radius 2 is 2.25 bits per heavy atom. The van der Waals surface area contributed by atoms with Crippen molar-refractivity contribution in [2.45, 2.75) is 39.5 Å². The maximum absolute atomic E-state index is 4.39. The predicted octanol–water partition coefficient (Wildman–Crippen LogP) is 3.48. The van der Waals surface area contributed by atoms with Crippen LogP contribution in [0.15, 0.2) is 28.4 Å². The Bertz CT molecular complexity index is 233. The second-order valence-electron chi connectivity index (χ2n) is 3.15. The van der Waals surface area contributed by atoms with Gasteiger partial charge in [0.25, 0.3) is 0 Å². The van der Waals surface area contributed by atoms with E-state index in [4.69, 9.17) is 0 Å².